The molecular weight excluding hydrogens is 216 g/mol. The van der Waals surface area contributed by atoms with Crippen LogP contribution in [0.15, 0.2) is 18.2 Å². The highest BCUT2D eigenvalue weighted by atomic mass is 16.1. The second-order valence-electron chi connectivity index (χ2n) is 4.53. The number of hydrogen-bond donors (Lipinski definition) is 3. The fourth-order valence-corrected chi connectivity index (χ4v) is 2.10. The molecular formula is C12H18N4O. The molecule has 1 aromatic rings. The van der Waals surface area contributed by atoms with Gasteiger partial charge < -0.3 is 16.8 Å². The average Bonchev–Trinajstić information content (AvgIpc) is 2.32. The zero-order valence-electron chi connectivity index (χ0n) is 9.73. The maximum absolute atomic E-state index is 11.9. The summed E-state index contributed by atoms with van der Waals surface area (Å²) in [6.07, 6.45) is 3.81. The molecule has 5 nitrogen and oxygen atoms in total. The number of amides is 1. The van der Waals surface area contributed by atoms with Crippen molar-refractivity contribution in [2.24, 2.45) is 5.73 Å². The molecule has 1 amide bonds. The normalized spacial score (nSPS) is 24.3. The van der Waals surface area contributed by atoms with Crippen LogP contribution in [0.5, 0.6) is 0 Å². The summed E-state index contributed by atoms with van der Waals surface area (Å²) in [6, 6.07) is 5.56. The number of hydrogen-bond acceptors (Lipinski definition) is 4. The van der Waals surface area contributed by atoms with Crippen molar-refractivity contribution in [3.8, 4) is 0 Å². The maximum Gasteiger partial charge on any atom is 0.270 e. The molecule has 1 aliphatic rings. The van der Waals surface area contributed by atoms with Crippen LogP contribution in [0.1, 0.15) is 36.2 Å². The Morgan fingerprint density at radius 3 is 2.65 bits per heavy atom. The van der Waals surface area contributed by atoms with Gasteiger partial charge in [-0.05, 0) is 37.8 Å². The second kappa shape index (κ2) is 5.14. The molecule has 0 saturated heterocycles. The van der Waals surface area contributed by atoms with E-state index < -0.39 is 0 Å². The molecule has 1 fully saturated rings. The predicted molar refractivity (Wildman–Crippen MR) is 66.3 cm³/mol. The highest BCUT2D eigenvalue weighted by molar-refractivity contribution is 5.92. The maximum atomic E-state index is 11.9. The van der Waals surface area contributed by atoms with Gasteiger partial charge in [-0.2, -0.15) is 0 Å². The van der Waals surface area contributed by atoms with E-state index in [1.54, 1.807) is 18.2 Å². The Morgan fingerprint density at radius 2 is 2.00 bits per heavy atom. The molecule has 0 unspecified atom stereocenters. The van der Waals surface area contributed by atoms with Crippen LogP contribution in [-0.4, -0.2) is 23.0 Å². The number of aromatic nitrogens is 1. The topological polar surface area (TPSA) is 94.0 Å². The van der Waals surface area contributed by atoms with Gasteiger partial charge in [0.1, 0.15) is 11.5 Å². The van der Waals surface area contributed by atoms with Crippen LogP contribution in [-0.2, 0) is 0 Å². The van der Waals surface area contributed by atoms with Gasteiger partial charge in [0.15, 0.2) is 0 Å². The highest BCUT2D eigenvalue weighted by Gasteiger charge is 2.20. The van der Waals surface area contributed by atoms with Crippen LogP contribution >= 0.6 is 0 Å². The lowest BCUT2D eigenvalue weighted by atomic mass is 9.92. The largest absolute Gasteiger partial charge is 0.384 e. The van der Waals surface area contributed by atoms with Crippen LogP contribution in [0.2, 0.25) is 0 Å². The van der Waals surface area contributed by atoms with Gasteiger partial charge >= 0.3 is 0 Å². The Balaban J connectivity index is 1.93. The summed E-state index contributed by atoms with van der Waals surface area (Å²) in [5.41, 5.74) is 11.7. The van der Waals surface area contributed by atoms with Crippen LogP contribution in [0.4, 0.5) is 5.82 Å². The van der Waals surface area contributed by atoms with Crippen molar-refractivity contribution in [2.75, 3.05) is 5.73 Å². The number of carbonyl (C=O) groups excluding carboxylic acids is 1. The molecule has 5 heteroatoms. The van der Waals surface area contributed by atoms with Gasteiger partial charge in [-0.15, -0.1) is 0 Å². The summed E-state index contributed by atoms with van der Waals surface area (Å²) in [4.78, 5) is 15.9. The van der Waals surface area contributed by atoms with E-state index in [0.29, 0.717) is 11.5 Å². The molecule has 1 aromatic heterocycles. The number of nitrogens with two attached hydrogens (primary N) is 2. The Morgan fingerprint density at radius 1 is 1.29 bits per heavy atom. The predicted octanol–water partition coefficient (Wildman–Crippen LogP) is 0.663. The number of nitrogens with zero attached hydrogens (tertiary/aromatic N) is 1. The smallest absolute Gasteiger partial charge is 0.270 e. The third-order valence-electron chi connectivity index (χ3n) is 3.11. The number of pyridine rings is 1. The monoisotopic (exact) mass is 234 g/mol. The van der Waals surface area contributed by atoms with Crippen molar-refractivity contribution in [3.05, 3.63) is 23.9 Å². The number of carbonyl (C=O) groups is 1. The van der Waals surface area contributed by atoms with E-state index in [0.717, 1.165) is 25.7 Å². The Bertz CT molecular complexity index is 399. The first-order valence-corrected chi connectivity index (χ1v) is 5.94. The zero-order valence-corrected chi connectivity index (χ0v) is 9.73. The third kappa shape index (κ3) is 3.17. The van der Waals surface area contributed by atoms with Crippen LogP contribution < -0.4 is 16.8 Å². The van der Waals surface area contributed by atoms with Crippen molar-refractivity contribution in [1.82, 2.24) is 10.3 Å². The van der Waals surface area contributed by atoms with Crippen molar-refractivity contribution in [1.29, 1.82) is 0 Å². The van der Waals surface area contributed by atoms with Gasteiger partial charge in [0.25, 0.3) is 5.91 Å². The highest BCUT2D eigenvalue weighted by Crippen LogP contribution is 2.17. The standard InChI is InChI=1S/C12H18N4O/c13-8-4-6-9(7-5-8)15-12(17)10-2-1-3-11(14)16-10/h1-3,8-9H,4-7,13H2,(H2,14,16)(H,15,17)/t8-,9-. The second-order valence-corrected chi connectivity index (χ2v) is 4.53. The summed E-state index contributed by atoms with van der Waals surface area (Å²) in [7, 11) is 0. The van der Waals surface area contributed by atoms with Gasteiger partial charge in [-0.3, -0.25) is 4.79 Å². The number of nitrogens with one attached hydrogen (secondary N) is 1. The molecule has 2 rings (SSSR count). The van der Waals surface area contributed by atoms with E-state index in [1.807, 2.05) is 0 Å². The number of anilines is 1. The molecule has 0 aliphatic heterocycles. The fourth-order valence-electron chi connectivity index (χ4n) is 2.10. The van der Waals surface area contributed by atoms with E-state index in [1.165, 1.54) is 0 Å². The molecule has 0 bridgehead atoms. The summed E-state index contributed by atoms with van der Waals surface area (Å²) in [5.74, 6) is 0.209. The first kappa shape index (κ1) is 11.9. The van der Waals surface area contributed by atoms with E-state index in [-0.39, 0.29) is 18.0 Å². The van der Waals surface area contributed by atoms with Crippen molar-refractivity contribution in [2.45, 2.75) is 37.8 Å². The van der Waals surface area contributed by atoms with Crippen LogP contribution in [0.25, 0.3) is 0 Å². The summed E-state index contributed by atoms with van der Waals surface area (Å²) in [5, 5.41) is 2.97. The lowest BCUT2D eigenvalue weighted by Gasteiger charge is -2.26. The molecule has 1 heterocycles. The van der Waals surface area contributed by atoms with E-state index in [4.69, 9.17) is 11.5 Å². The van der Waals surface area contributed by atoms with E-state index in [9.17, 15) is 4.79 Å². The van der Waals surface area contributed by atoms with Gasteiger partial charge in [-0.25, -0.2) is 4.98 Å². The van der Waals surface area contributed by atoms with Crippen molar-refractivity contribution >= 4 is 11.7 Å². The van der Waals surface area contributed by atoms with Gasteiger partial charge in [0.05, 0.1) is 0 Å². The first-order valence-electron chi connectivity index (χ1n) is 5.94. The molecule has 1 aliphatic carbocycles. The molecule has 0 aromatic carbocycles. The number of rotatable bonds is 2. The minimum atomic E-state index is -0.155. The first-order chi connectivity index (χ1) is 8.15. The quantitative estimate of drug-likeness (QED) is 0.700. The summed E-state index contributed by atoms with van der Waals surface area (Å²) < 4.78 is 0. The zero-order chi connectivity index (χ0) is 12.3. The summed E-state index contributed by atoms with van der Waals surface area (Å²) >= 11 is 0. The van der Waals surface area contributed by atoms with Gasteiger partial charge in [-0.1, -0.05) is 6.07 Å². The van der Waals surface area contributed by atoms with Crippen molar-refractivity contribution < 1.29 is 4.79 Å². The molecule has 92 valence electrons. The minimum absolute atomic E-state index is 0.155. The lowest BCUT2D eigenvalue weighted by Crippen LogP contribution is -2.40. The van der Waals surface area contributed by atoms with Crippen LogP contribution in [0, 0.1) is 0 Å². The molecule has 0 radical (unpaired) electrons. The Kier molecular flexibility index (Phi) is 3.58. The third-order valence-corrected chi connectivity index (χ3v) is 3.11. The molecule has 0 atom stereocenters. The van der Waals surface area contributed by atoms with Crippen molar-refractivity contribution in [3.63, 3.8) is 0 Å². The average molecular weight is 234 g/mol. The molecule has 5 N–H and O–H groups in total. The molecule has 0 spiro atoms. The van der Waals surface area contributed by atoms with Gasteiger partial charge in [0.2, 0.25) is 0 Å². The van der Waals surface area contributed by atoms with Crippen LogP contribution in [0.3, 0.4) is 0 Å². The Hall–Kier alpha value is -1.62. The summed E-state index contributed by atoms with van der Waals surface area (Å²) in [6.45, 7) is 0. The molecule has 17 heavy (non-hydrogen) atoms. The minimum Gasteiger partial charge on any atom is -0.384 e. The Labute approximate surface area is 101 Å². The van der Waals surface area contributed by atoms with E-state index in [2.05, 4.69) is 10.3 Å². The lowest BCUT2D eigenvalue weighted by molar-refractivity contribution is 0.0921. The molecule has 1 saturated carbocycles. The fraction of sp³-hybridized carbons (Fsp3) is 0.500. The SMILES string of the molecule is Nc1cccc(C(=O)N[C@H]2CC[C@H](N)CC2)n1. The van der Waals surface area contributed by atoms with Gasteiger partial charge in [0, 0.05) is 12.1 Å². The van der Waals surface area contributed by atoms with E-state index >= 15 is 0 Å². The number of nitrogen functional groups attached to an aromatic ring is 1.